The molecule has 0 aromatic carbocycles. The molecule has 25 unspecified atom stereocenters. The topological polar surface area (TPSA) is 312 Å². The van der Waals surface area contributed by atoms with Crippen LogP contribution in [0, 0.1) is 50.2 Å². The molecule has 19 heteroatoms. The second-order valence-electron chi connectivity index (χ2n) is 23.6. The van der Waals surface area contributed by atoms with Crippen molar-refractivity contribution in [1.29, 1.82) is 0 Å². The molecule has 3 saturated heterocycles. The van der Waals surface area contributed by atoms with Crippen molar-refractivity contribution in [3.05, 3.63) is 11.6 Å². The molecular weight excluding hydrogens is 881 g/mol. The Morgan fingerprint density at radius 3 is 1.78 bits per heavy atom. The molecule has 0 aromatic rings. The van der Waals surface area contributed by atoms with Gasteiger partial charge >= 0.3 is 11.9 Å². The van der Waals surface area contributed by atoms with Crippen molar-refractivity contribution in [3.63, 3.8) is 0 Å². The fourth-order valence-electron chi connectivity index (χ4n) is 15.0. The first-order valence-electron chi connectivity index (χ1n) is 24.2. The number of aliphatic hydroxyl groups is 9. The van der Waals surface area contributed by atoms with Crippen LogP contribution in [0.1, 0.15) is 113 Å². The average molecular weight is 957 g/mol. The fraction of sp³-hybridized carbons (Fsp3) is 0.917. The molecule has 8 aliphatic rings. The minimum absolute atomic E-state index is 0.0105. The molecule has 0 aromatic heterocycles. The van der Waals surface area contributed by atoms with Gasteiger partial charge in [-0.15, -0.1) is 0 Å². The lowest BCUT2D eigenvalue weighted by atomic mass is 9.33. The molecule has 3 aliphatic heterocycles. The number of ether oxygens (including phenoxy) is 6. The van der Waals surface area contributed by atoms with E-state index >= 15 is 0 Å². The molecule has 0 radical (unpaired) electrons. The van der Waals surface area contributed by atoms with E-state index in [9.17, 15) is 65.8 Å². The predicted molar refractivity (Wildman–Crippen MR) is 231 cm³/mol. The van der Waals surface area contributed by atoms with Gasteiger partial charge in [0.25, 0.3) is 0 Å². The highest BCUT2D eigenvalue weighted by Gasteiger charge is 2.69. The Bertz CT molecular complexity index is 1900. The standard InChI is InChI=1S/C48H76O19/c1-20-27(51)28(52)33(57)40(62-20)66-37-32(56)30(54)35(39(60)61)65-42(37)67-36-31(55)29(53)34(38(58)59)64-41(36)63-26-12-13-45(5)23(46(26,6)19-49)11-14-48(8)24(45)10-9-21-22-17-43(2,3)25(50)18-44(22,4)15-16-47(21,48)7/h9,20,22-37,40-42,49-57H,10-19H2,1-8H3,(H,58,59)(H,60,61). The van der Waals surface area contributed by atoms with E-state index in [1.807, 2.05) is 6.92 Å². The largest absolute Gasteiger partial charge is 0.479 e. The monoisotopic (exact) mass is 956 g/mol. The summed E-state index contributed by atoms with van der Waals surface area (Å²) >= 11 is 0. The van der Waals surface area contributed by atoms with E-state index in [2.05, 4.69) is 47.6 Å². The molecule has 0 spiro atoms. The molecule has 19 nitrogen and oxygen atoms in total. The fourth-order valence-corrected chi connectivity index (χ4v) is 15.0. The van der Waals surface area contributed by atoms with Crippen LogP contribution in [0.2, 0.25) is 0 Å². The van der Waals surface area contributed by atoms with Gasteiger partial charge in [0, 0.05) is 5.41 Å². The Morgan fingerprint density at radius 1 is 0.642 bits per heavy atom. The lowest BCUT2D eigenvalue weighted by Crippen LogP contribution is -2.68. The van der Waals surface area contributed by atoms with Crippen molar-refractivity contribution in [3.8, 4) is 0 Å². The number of rotatable bonds is 9. The molecule has 0 bridgehead atoms. The Kier molecular flexibility index (Phi) is 13.6. The normalized spacial score (nSPS) is 55.2. The third kappa shape index (κ3) is 7.97. The van der Waals surface area contributed by atoms with Crippen molar-refractivity contribution in [2.45, 2.75) is 218 Å². The SMILES string of the molecule is CC1OC(OC2C(OC3C(OC4CCC5(C)C(CCC6(C)C5CC=C5C7CC(C)(C)C(O)CC7(C)CCC56C)C4(C)CO)OC(C(=O)O)C(O)C3O)OC(C(=O)O)C(O)C2O)C(O)C(O)C1O. The molecule has 5 aliphatic carbocycles. The van der Waals surface area contributed by atoms with Crippen LogP contribution >= 0.6 is 0 Å². The molecule has 0 amide bonds. The van der Waals surface area contributed by atoms with Gasteiger partial charge in [0.2, 0.25) is 0 Å². The molecule has 7 fully saturated rings. The van der Waals surface area contributed by atoms with Crippen LogP contribution in [-0.2, 0) is 38.0 Å². The first-order valence-corrected chi connectivity index (χ1v) is 24.2. The average Bonchev–Trinajstić information content (AvgIpc) is 3.25. The van der Waals surface area contributed by atoms with Crippen LogP contribution in [0.15, 0.2) is 11.6 Å². The van der Waals surface area contributed by atoms with Gasteiger partial charge in [-0.3, -0.25) is 0 Å². The van der Waals surface area contributed by atoms with Crippen molar-refractivity contribution >= 4 is 11.9 Å². The van der Waals surface area contributed by atoms with Gasteiger partial charge in [0.1, 0.15) is 54.9 Å². The van der Waals surface area contributed by atoms with E-state index in [1.54, 1.807) is 0 Å². The van der Waals surface area contributed by atoms with Crippen molar-refractivity contribution in [2.24, 2.45) is 50.2 Å². The number of aliphatic hydroxyl groups excluding tert-OH is 9. The van der Waals surface area contributed by atoms with Gasteiger partial charge in [-0.2, -0.15) is 0 Å². The van der Waals surface area contributed by atoms with Gasteiger partial charge in [-0.05, 0) is 110 Å². The van der Waals surface area contributed by atoms with Crippen LogP contribution in [-0.4, -0.2) is 179 Å². The summed E-state index contributed by atoms with van der Waals surface area (Å²) in [4.78, 5) is 24.7. The van der Waals surface area contributed by atoms with Crippen LogP contribution < -0.4 is 0 Å². The van der Waals surface area contributed by atoms with Gasteiger partial charge in [-0.25, -0.2) is 9.59 Å². The highest BCUT2D eigenvalue weighted by Crippen LogP contribution is 2.76. The summed E-state index contributed by atoms with van der Waals surface area (Å²) in [6.07, 6.45) is -20.2. The van der Waals surface area contributed by atoms with E-state index in [4.69, 9.17) is 28.4 Å². The Labute approximate surface area is 391 Å². The first kappa shape index (κ1) is 51.4. The smallest absolute Gasteiger partial charge is 0.335 e. The summed E-state index contributed by atoms with van der Waals surface area (Å²) in [6, 6.07) is 0. The molecule has 382 valence electrons. The number of carboxylic acids is 2. The minimum Gasteiger partial charge on any atom is -0.479 e. The van der Waals surface area contributed by atoms with Gasteiger partial charge in [0.15, 0.2) is 31.1 Å². The molecule has 3 heterocycles. The number of carboxylic acid groups (broad SMARTS) is 2. The highest BCUT2D eigenvalue weighted by molar-refractivity contribution is 5.74. The number of hydrogen-bond acceptors (Lipinski definition) is 17. The molecule has 4 saturated carbocycles. The second kappa shape index (κ2) is 17.7. The molecule has 11 N–H and O–H groups in total. The summed E-state index contributed by atoms with van der Waals surface area (Å²) in [5.41, 5.74) is -0.119. The Balaban J connectivity index is 1.08. The van der Waals surface area contributed by atoms with Gasteiger partial charge < -0.3 is 84.6 Å². The Hall–Kier alpha value is -1.92. The lowest BCUT2D eigenvalue weighted by Gasteiger charge is -2.71. The number of hydrogen-bond donors (Lipinski definition) is 11. The summed E-state index contributed by atoms with van der Waals surface area (Å²) in [7, 11) is 0. The Morgan fingerprint density at radius 2 is 1.21 bits per heavy atom. The zero-order chi connectivity index (χ0) is 49.3. The van der Waals surface area contributed by atoms with Gasteiger partial charge in [-0.1, -0.05) is 60.1 Å². The third-order valence-corrected chi connectivity index (χ3v) is 19.6. The van der Waals surface area contributed by atoms with Crippen LogP contribution in [0.4, 0.5) is 0 Å². The lowest BCUT2D eigenvalue weighted by molar-refractivity contribution is -0.393. The number of aliphatic carboxylic acids is 2. The second-order valence-corrected chi connectivity index (χ2v) is 23.6. The highest BCUT2D eigenvalue weighted by atomic mass is 16.8. The maximum Gasteiger partial charge on any atom is 0.335 e. The van der Waals surface area contributed by atoms with Crippen molar-refractivity contribution in [2.75, 3.05) is 6.61 Å². The molecule has 67 heavy (non-hydrogen) atoms. The van der Waals surface area contributed by atoms with E-state index in [1.165, 1.54) is 12.5 Å². The summed E-state index contributed by atoms with van der Waals surface area (Å²) in [5, 5.41) is 119. The quantitative estimate of drug-likeness (QED) is 0.112. The number of fused-ring (bicyclic) bond motifs is 7. The predicted octanol–water partition coefficient (Wildman–Crippen LogP) is 0.797. The summed E-state index contributed by atoms with van der Waals surface area (Å²) in [5.74, 6) is -2.90. The number of allylic oxidation sites excluding steroid dienone is 2. The van der Waals surface area contributed by atoms with Crippen molar-refractivity contribution < 1.29 is 94.2 Å². The maximum atomic E-state index is 12.5. The van der Waals surface area contributed by atoms with Crippen LogP contribution in [0.5, 0.6) is 0 Å². The van der Waals surface area contributed by atoms with Crippen LogP contribution in [0.25, 0.3) is 0 Å². The molecule has 25 atom stereocenters. The zero-order valence-corrected chi connectivity index (χ0v) is 39.9. The van der Waals surface area contributed by atoms with E-state index in [-0.39, 0.29) is 51.6 Å². The van der Waals surface area contributed by atoms with E-state index < -0.39 is 116 Å². The number of carbonyl (C=O) groups is 2. The van der Waals surface area contributed by atoms with E-state index in [0.29, 0.717) is 18.8 Å². The van der Waals surface area contributed by atoms with Crippen LogP contribution in [0.3, 0.4) is 0 Å². The molecule has 8 rings (SSSR count). The first-order chi connectivity index (χ1) is 31.1. The van der Waals surface area contributed by atoms with Gasteiger partial charge in [0.05, 0.1) is 24.9 Å². The minimum atomic E-state index is -2.16. The zero-order valence-electron chi connectivity index (χ0n) is 39.9. The summed E-state index contributed by atoms with van der Waals surface area (Å²) < 4.78 is 35.7. The van der Waals surface area contributed by atoms with Crippen molar-refractivity contribution in [1.82, 2.24) is 0 Å². The summed E-state index contributed by atoms with van der Waals surface area (Å²) in [6.45, 7) is 16.9. The maximum absolute atomic E-state index is 12.5. The van der Waals surface area contributed by atoms with E-state index in [0.717, 1.165) is 44.9 Å². The third-order valence-electron chi connectivity index (χ3n) is 19.6. The molecular formula is C48H76O19.